The molecule has 17 heavy (non-hydrogen) atoms. The largest absolute Gasteiger partial charge is 0.374 e. The molecule has 1 saturated carbocycles. The van der Waals surface area contributed by atoms with Crippen molar-refractivity contribution < 1.29 is 18.7 Å². The Balaban J connectivity index is 1.70. The van der Waals surface area contributed by atoms with Crippen molar-refractivity contribution in [2.45, 2.75) is 25.4 Å². The Kier molecular flexibility index (Phi) is 4.10. The van der Waals surface area contributed by atoms with Gasteiger partial charge in [0.15, 0.2) is 0 Å². The van der Waals surface area contributed by atoms with E-state index >= 15 is 0 Å². The van der Waals surface area contributed by atoms with Crippen molar-refractivity contribution >= 4 is 12.2 Å². The van der Waals surface area contributed by atoms with Crippen LogP contribution in [0, 0.1) is 11.8 Å². The molecule has 2 rings (SSSR count). The van der Waals surface area contributed by atoms with Crippen LogP contribution in [0.4, 0.5) is 4.39 Å². The van der Waals surface area contributed by atoms with Crippen molar-refractivity contribution in [3.8, 4) is 0 Å². The molecule has 1 saturated heterocycles. The third-order valence-corrected chi connectivity index (χ3v) is 3.57. The topological polar surface area (TPSA) is 46.6 Å². The van der Waals surface area contributed by atoms with Crippen LogP contribution in [-0.2, 0) is 14.3 Å². The highest BCUT2D eigenvalue weighted by Crippen LogP contribution is 2.33. The standard InChI is InChI=1S/C12H18FNO3/c13-11-5-10(6-11)12(16)14-2-1-9(7-14)8-17-4-3-15/h3,9-11H,1-2,4-8H2. The first-order valence-electron chi connectivity index (χ1n) is 6.15. The molecule has 0 aromatic carbocycles. The number of hydrogen-bond donors (Lipinski definition) is 0. The molecular formula is C12H18FNO3. The second-order valence-corrected chi connectivity index (χ2v) is 4.91. The van der Waals surface area contributed by atoms with E-state index in [9.17, 15) is 14.0 Å². The second kappa shape index (κ2) is 5.58. The van der Waals surface area contributed by atoms with Crippen LogP contribution in [0.1, 0.15) is 19.3 Å². The number of likely N-dealkylation sites (tertiary alicyclic amines) is 1. The fraction of sp³-hybridized carbons (Fsp3) is 0.833. The summed E-state index contributed by atoms with van der Waals surface area (Å²) < 4.78 is 17.8. The van der Waals surface area contributed by atoms with Gasteiger partial charge in [0, 0.05) is 24.9 Å². The number of aldehydes is 1. The van der Waals surface area contributed by atoms with Gasteiger partial charge in [0.2, 0.25) is 5.91 Å². The van der Waals surface area contributed by atoms with Crippen molar-refractivity contribution in [2.24, 2.45) is 11.8 Å². The lowest BCUT2D eigenvalue weighted by Crippen LogP contribution is -2.41. The lowest BCUT2D eigenvalue weighted by Gasteiger charge is -2.32. The van der Waals surface area contributed by atoms with Gasteiger partial charge in [-0.1, -0.05) is 0 Å². The maximum absolute atomic E-state index is 12.7. The Hall–Kier alpha value is -0.970. The molecule has 1 unspecified atom stereocenters. The van der Waals surface area contributed by atoms with E-state index < -0.39 is 6.17 Å². The highest BCUT2D eigenvalue weighted by Gasteiger charge is 2.38. The fourth-order valence-corrected chi connectivity index (χ4v) is 2.46. The van der Waals surface area contributed by atoms with E-state index in [1.165, 1.54) is 0 Å². The Labute approximate surface area is 100 Å². The van der Waals surface area contributed by atoms with Crippen LogP contribution >= 0.6 is 0 Å². The molecule has 96 valence electrons. The number of carbonyl (C=O) groups excluding carboxylic acids is 2. The predicted molar refractivity (Wildman–Crippen MR) is 59.2 cm³/mol. The summed E-state index contributed by atoms with van der Waals surface area (Å²) in [4.78, 5) is 23.8. The van der Waals surface area contributed by atoms with Crippen LogP contribution in [0.15, 0.2) is 0 Å². The van der Waals surface area contributed by atoms with Gasteiger partial charge < -0.3 is 14.4 Å². The molecule has 1 atom stereocenters. The minimum absolute atomic E-state index is 0.0942. The van der Waals surface area contributed by atoms with Gasteiger partial charge in [0.1, 0.15) is 19.1 Å². The number of halogens is 1. The average molecular weight is 243 g/mol. The molecule has 1 amide bonds. The summed E-state index contributed by atoms with van der Waals surface area (Å²) in [6.45, 7) is 2.07. The highest BCUT2D eigenvalue weighted by molar-refractivity contribution is 5.80. The van der Waals surface area contributed by atoms with Crippen molar-refractivity contribution in [2.75, 3.05) is 26.3 Å². The van der Waals surface area contributed by atoms with Crippen LogP contribution < -0.4 is 0 Å². The van der Waals surface area contributed by atoms with Crippen LogP contribution in [0.2, 0.25) is 0 Å². The molecule has 0 bridgehead atoms. The van der Waals surface area contributed by atoms with Crippen molar-refractivity contribution in [3.05, 3.63) is 0 Å². The smallest absolute Gasteiger partial charge is 0.225 e. The Morgan fingerprint density at radius 3 is 2.88 bits per heavy atom. The highest BCUT2D eigenvalue weighted by atomic mass is 19.1. The molecule has 1 aliphatic heterocycles. The van der Waals surface area contributed by atoms with Gasteiger partial charge in [-0.2, -0.15) is 0 Å². The molecule has 2 aliphatic rings. The minimum atomic E-state index is -0.779. The molecule has 0 N–H and O–H groups in total. The number of nitrogens with zero attached hydrogens (tertiary/aromatic N) is 1. The molecule has 0 spiro atoms. The Morgan fingerprint density at radius 2 is 2.24 bits per heavy atom. The van der Waals surface area contributed by atoms with Crippen LogP contribution in [0.25, 0.3) is 0 Å². The summed E-state index contributed by atoms with van der Waals surface area (Å²) in [5.41, 5.74) is 0. The molecule has 1 aliphatic carbocycles. The van der Waals surface area contributed by atoms with Crippen LogP contribution in [0.3, 0.4) is 0 Å². The van der Waals surface area contributed by atoms with E-state index in [4.69, 9.17) is 4.74 Å². The predicted octanol–water partition coefficient (Wildman–Crippen LogP) is 0.798. The summed E-state index contributed by atoms with van der Waals surface area (Å²) in [5, 5.41) is 0. The molecule has 0 aromatic heterocycles. The lowest BCUT2D eigenvalue weighted by atomic mass is 9.82. The Bertz CT molecular complexity index is 291. The maximum Gasteiger partial charge on any atom is 0.225 e. The molecule has 2 fully saturated rings. The molecule has 4 nitrogen and oxygen atoms in total. The minimum Gasteiger partial charge on any atom is -0.374 e. The van der Waals surface area contributed by atoms with Crippen LogP contribution in [-0.4, -0.2) is 49.6 Å². The first kappa shape index (κ1) is 12.5. The fourth-order valence-electron chi connectivity index (χ4n) is 2.46. The molecule has 0 aromatic rings. The number of ether oxygens (including phenoxy) is 1. The number of alkyl halides is 1. The number of carbonyl (C=O) groups is 2. The summed E-state index contributed by atoms with van der Waals surface area (Å²) in [7, 11) is 0. The van der Waals surface area contributed by atoms with Gasteiger partial charge >= 0.3 is 0 Å². The molecular weight excluding hydrogens is 225 g/mol. The van der Waals surface area contributed by atoms with Gasteiger partial charge in [-0.15, -0.1) is 0 Å². The lowest BCUT2D eigenvalue weighted by molar-refractivity contribution is -0.139. The summed E-state index contributed by atoms with van der Waals surface area (Å²) in [6.07, 6.45) is 1.64. The SMILES string of the molecule is O=CCOCC1CCN(C(=O)C2CC(F)C2)C1. The van der Waals surface area contributed by atoms with E-state index in [-0.39, 0.29) is 18.4 Å². The zero-order chi connectivity index (χ0) is 12.3. The first-order valence-corrected chi connectivity index (χ1v) is 6.15. The third kappa shape index (κ3) is 3.03. The van der Waals surface area contributed by atoms with E-state index in [0.717, 1.165) is 19.3 Å². The van der Waals surface area contributed by atoms with Gasteiger partial charge in [0.25, 0.3) is 0 Å². The van der Waals surface area contributed by atoms with Crippen LogP contribution in [0.5, 0.6) is 0 Å². The summed E-state index contributed by atoms with van der Waals surface area (Å²) >= 11 is 0. The number of rotatable bonds is 5. The summed E-state index contributed by atoms with van der Waals surface area (Å²) in [5.74, 6) is 0.316. The zero-order valence-corrected chi connectivity index (χ0v) is 9.81. The van der Waals surface area contributed by atoms with Crippen molar-refractivity contribution in [3.63, 3.8) is 0 Å². The number of hydrogen-bond acceptors (Lipinski definition) is 3. The number of amides is 1. The van der Waals surface area contributed by atoms with E-state index in [1.54, 1.807) is 0 Å². The summed E-state index contributed by atoms with van der Waals surface area (Å²) in [6, 6.07) is 0. The van der Waals surface area contributed by atoms with Gasteiger partial charge in [0.05, 0.1) is 6.61 Å². The average Bonchev–Trinajstić information content (AvgIpc) is 2.73. The monoisotopic (exact) mass is 243 g/mol. The third-order valence-electron chi connectivity index (χ3n) is 3.57. The first-order chi connectivity index (χ1) is 8.20. The molecule has 0 radical (unpaired) electrons. The molecule has 1 heterocycles. The normalized spacial score (nSPS) is 32.3. The maximum atomic E-state index is 12.7. The second-order valence-electron chi connectivity index (χ2n) is 4.91. The van der Waals surface area contributed by atoms with Crippen molar-refractivity contribution in [1.29, 1.82) is 0 Å². The quantitative estimate of drug-likeness (QED) is 0.530. The van der Waals surface area contributed by atoms with E-state index in [1.807, 2.05) is 4.90 Å². The van der Waals surface area contributed by atoms with E-state index in [2.05, 4.69) is 0 Å². The van der Waals surface area contributed by atoms with Gasteiger partial charge in [-0.3, -0.25) is 4.79 Å². The van der Waals surface area contributed by atoms with E-state index in [0.29, 0.717) is 31.9 Å². The zero-order valence-electron chi connectivity index (χ0n) is 9.81. The Morgan fingerprint density at radius 1 is 1.47 bits per heavy atom. The van der Waals surface area contributed by atoms with Gasteiger partial charge in [-0.25, -0.2) is 4.39 Å². The van der Waals surface area contributed by atoms with Crippen molar-refractivity contribution in [1.82, 2.24) is 4.90 Å². The molecule has 5 heteroatoms. The van der Waals surface area contributed by atoms with Gasteiger partial charge in [-0.05, 0) is 19.3 Å².